The lowest BCUT2D eigenvalue weighted by Gasteiger charge is -2.45. The van der Waals surface area contributed by atoms with Gasteiger partial charge in [-0.3, -0.25) is 4.79 Å². The minimum atomic E-state index is -0.440. The van der Waals surface area contributed by atoms with E-state index in [1.54, 1.807) is 0 Å². The van der Waals surface area contributed by atoms with Gasteiger partial charge in [0, 0.05) is 25.2 Å². The van der Waals surface area contributed by atoms with E-state index in [0.717, 1.165) is 19.3 Å². The zero-order valence-corrected chi connectivity index (χ0v) is 9.48. The number of Topliss-reactive ketones (excluding diaryl/α,β-unsaturated/α-hetero) is 1. The van der Waals surface area contributed by atoms with Crippen LogP contribution in [0.15, 0.2) is 12.7 Å². The van der Waals surface area contributed by atoms with Crippen molar-refractivity contribution in [2.24, 2.45) is 17.8 Å². The van der Waals surface area contributed by atoms with Gasteiger partial charge in [0.1, 0.15) is 5.78 Å². The number of rotatable bonds is 1. The monoisotopic (exact) mass is 222 g/mol. The van der Waals surface area contributed by atoms with Crippen LogP contribution in [0.2, 0.25) is 0 Å². The SMILES string of the molecule is C=CC1CC(=O)C2CC1CC1(C2)OCCO1. The Kier molecular flexibility index (Phi) is 2.41. The summed E-state index contributed by atoms with van der Waals surface area (Å²) in [6.07, 6.45) is 5.32. The van der Waals surface area contributed by atoms with E-state index in [1.165, 1.54) is 0 Å². The average Bonchev–Trinajstić information content (AvgIpc) is 2.71. The second-order valence-corrected chi connectivity index (χ2v) is 5.28. The van der Waals surface area contributed by atoms with Gasteiger partial charge in [0.05, 0.1) is 13.2 Å². The lowest BCUT2D eigenvalue weighted by molar-refractivity contribution is -0.206. The Labute approximate surface area is 95.8 Å². The molecule has 3 unspecified atom stereocenters. The maximum absolute atomic E-state index is 12.0. The van der Waals surface area contributed by atoms with Crippen molar-refractivity contribution in [1.82, 2.24) is 0 Å². The molecule has 2 aliphatic carbocycles. The second kappa shape index (κ2) is 3.67. The van der Waals surface area contributed by atoms with E-state index in [-0.39, 0.29) is 5.92 Å². The molecule has 2 bridgehead atoms. The van der Waals surface area contributed by atoms with Crippen molar-refractivity contribution in [2.45, 2.75) is 31.5 Å². The number of ether oxygens (including phenoxy) is 2. The third-order valence-corrected chi connectivity index (χ3v) is 4.33. The van der Waals surface area contributed by atoms with E-state index in [1.807, 2.05) is 6.08 Å². The highest BCUT2D eigenvalue weighted by molar-refractivity contribution is 5.82. The third kappa shape index (κ3) is 1.54. The maximum Gasteiger partial charge on any atom is 0.169 e. The molecular formula is C13H18O3. The van der Waals surface area contributed by atoms with E-state index in [9.17, 15) is 4.79 Å². The minimum absolute atomic E-state index is 0.160. The van der Waals surface area contributed by atoms with Gasteiger partial charge in [-0.25, -0.2) is 0 Å². The number of hydrogen-bond donors (Lipinski definition) is 0. The first kappa shape index (κ1) is 10.5. The number of carbonyl (C=O) groups excluding carboxylic acids is 1. The molecule has 16 heavy (non-hydrogen) atoms. The van der Waals surface area contributed by atoms with Crippen LogP contribution in [-0.4, -0.2) is 24.8 Å². The van der Waals surface area contributed by atoms with Crippen LogP contribution < -0.4 is 0 Å². The van der Waals surface area contributed by atoms with E-state index in [2.05, 4.69) is 6.58 Å². The molecule has 0 radical (unpaired) electrons. The van der Waals surface area contributed by atoms with E-state index < -0.39 is 5.79 Å². The van der Waals surface area contributed by atoms with Crippen LogP contribution in [0, 0.1) is 17.8 Å². The van der Waals surface area contributed by atoms with Crippen LogP contribution in [0.1, 0.15) is 25.7 Å². The zero-order valence-electron chi connectivity index (χ0n) is 9.48. The summed E-state index contributed by atoms with van der Waals surface area (Å²) in [5.41, 5.74) is 0. The van der Waals surface area contributed by atoms with Crippen LogP contribution in [-0.2, 0) is 14.3 Å². The summed E-state index contributed by atoms with van der Waals surface area (Å²) in [6, 6.07) is 0. The Morgan fingerprint density at radius 1 is 1.31 bits per heavy atom. The van der Waals surface area contributed by atoms with Gasteiger partial charge in [-0.15, -0.1) is 6.58 Å². The first-order valence-corrected chi connectivity index (χ1v) is 6.16. The summed E-state index contributed by atoms with van der Waals surface area (Å²) in [4.78, 5) is 12.0. The van der Waals surface area contributed by atoms with Gasteiger partial charge in [-0.1, -0.05) is 6.08 Å². The van der Waals surface area contributed by atoms with Gasteiger partial charge >= 0.3 is 0 Å². The maximum atomic E-state index is 12.0. The summed E-state index contributed by atoms with van der Waals surface area (Å²) in [6.45, 7) is 5.19. The van der Waals surface area contributed by atoms with Crippen molar-refractivity contribution >= 4 is 5.78 Å². The quantitative estimate of drug-likeness (QED) is 0.636. The summed E-state index contributed by atoms with van der Waals surface area (Å²) in [5, 5.41) is 0. The largest absolute Gasteiger partial charge is 0.348 e. The van der Waals surface area contributed by atoms with E-state index in [0.29, 0.717) is 37.3 Å². The number of carbonyl (C=O) groups is 1. The molecule has 3 rings (SSSR count). The molecule has 3 heteroatoms. The molecule has 0 N–H and O–H groups in total. The summed E-state index contributed by atoms with van der Waals surface area (Å²) >= 11 is 0. The van der Waals surface area contributed by atoms with Crippen molar-refractivity contribution in [3.05, 3.63) is 12.7 Å². The molecular weight excluding hydrogens is 204 g/mol. The fourth-order valence-electron chi connectivity index (χ4n) is 3.54. The Bertz CT molecular complexity index is 317. The van der Waals surface area contributed by atoms with Gasteiger partial charge in [0.15, 0.2) is 5.79 Å². The first-order valence-electron chi connectivity index (χ1n) is 6.16. The van der Waals surface area contributed by atoms with E-state index in [4.69, 9.17) is 9.47 Å². The molecule has 3 aliphatic rings. The molecule has 88 valence electrons. The second-order valence-electron chi connectivity index (χ2n) is 5.28. The van der Waals surface area contributed by atoms with Crippen LogP contribution in [0.25, 0.3) is 0 Å². The highest BCUT2D eigenvalue weighted by Crippen LogP contribution is 2.48. The Morgan fingerprint density at radius 2 is 2.06 bits per heavy atom. The summed E-state index contributed by atoms with van der Waals surface area (Å²) in [7, 11) is 0. The third-order valence-electron chi connectivity index (χ3n) is 4.33. The molecule has 0 aromatic carbocycles. The highest BCUT2D eigenvalue weighted by Gasteiger charge is 2.50. The minimum Gasteiger partial charge on any atom is -0.348 e. The van der Waals surface area contributed by atoms with E-state index >= 15 is 0 Å². The summed E-state index contributed by atoms with van der Waals surface area (Å²) < 4.78 is 11.5. The topological polar surface area (TPSA) is 35.5 Å². The fourth-order valence-corrected chi connectivity index (χ4v) is 3.54. The molecule has 1 saturated heterocycles. The standard InChI is InChI=1S/C13H18O3/c1-2-9-6-12(14)11-5-10(9)7-13(8-11)15-3-4-16-13/h2,9-11H,1,3-8H2. The van der Waals surface area contributed by atoms with Crippen molar-refractivity contribution in [1.29, 1.82) is 0 Å². The van der Waals surface area contributed by atoms with Gasteiger partial charge in [-0.2, -0.15) is 0 Å². The Hall–Kier alpha value is -0.670. The fraction of sp³-hybridized carbons (Fsp3) is 0.769. The van der Waals surface area contributed by atoms with Crippen molar-refractivity contribution in [3.8, 4) is 0 Å². The van der Waals surface area contributed by atoms with Gasteiger partial charge < -0.3 is 9.47 Å². The Morgan fingerprint density at radius 3 is 2.75 bits per heavy atom. The Balaban J connectivity index is 1.85. The number of allylic oxidation sites excluding steroid dienone is 1. The molecule has 0 aromatic rings. The molecule has 1 spiro atoms. The lowest BCUT2D eigenvalue weighted by Crippen LogP contribution is -2.47. The predicted molar refractivity (Wildman–Crippen MR) is 58.8 cm³/mol. The molecule has 1 aliphatic heterocycles. The molecule has 3 nitrogen and oxygen atoms in total. The molecule has 3 atom stereocenters. The smallest absolute Gasteiger partial charge is 0.169 e. The van der Waals surface area contributed by atoms with Gasteiger partial charge in [0.25, 0.3) is 0 Å². The zero-order chi connectivity index (χ0) is 11.2. The molecule has 0 amide bonds. The van der Waals surface area contributed by atoms with Crippen LogP contribution in [0.4, 0.5) is 0 Å². The van der Waals surface area contributed by atoms with Crippen molar-refractivity contribution < 1.29 is 14.3 Å². The molecule has 1 heterocycles. The van der Waals surface area contributed by atoms with Crippen molar-refractivity contribution in [3.63, 3.8) is 0 Å². The first-order chi connectivity index (χ1) is 7.72. The van der Waals surface area contributed by atoms with Crippen LogP contribution in [0.5, 0.6) is 0 Å². The molecule has 0 aromatic heterocycles. The van der Waals surface area contributed by atoms with Crippen molar-refractivity contribution in [2.75, 3.05) is 13.2 Å². The average molecular weight is 222 g/mol. The van der Waals surface area contributed by atoms with Crippen LogP contribution in [0.3, 0.4) is 0 Å². The number of fused-ring (bicyclic) bond motifs is 2. The molecule has 2 saturated carbocycles. The van der Waals surface area contributed by atoms with Crippen LogP contribution >= 0.6 is 0 Å². The highest BCUT2D eigenvalue weighted by atomic mass is 16.7. The number of hydrogen-bond acceptors (Lipinski definition) is 3. The normalized spacial score (nSPS) is 41.2. The lowest BCUT2D eigenvalue weighted by atomic mass is 9.64. The molecule has 3 fully saturated rings. The summed E-state index contributed by atoms with van der Waals surface area (Å²) in [5.74, 6) is 0.943. The predicted octanol–water partition coefficient (Wildman–Crippen LogP) is 1.92. The van der Waals surface area contributed by atoms with Gasteiger partial charge in [-0.05, 0) is 18.3 Å². The van der Waals surface area contributed by atoms with Gasteiger partial charge in [0.2, 0.25) is 0 Å². The number of ketones is 1.